The number of hydrogen-bond acceptors (Lipinski definition) is 3. The van der Waals surface area contributed by atoms with E-state index in [1.165, 1.54) is 3.97 Å². The number of carbonyl (C=O) groups excluding carboxylic acids is 1. The molecule has 0 radical (unpaired) electrons. The Morgan fingerprint density at radius 1 is 1.00 bits per heavy atom. The molecule has 3 aromatic rings. The quantitative estimate of drug-likeness (QED) is 0.533. The van der Waals surface area contributed by atoms with E-state index >= 15 is 0 Å². The minimum absolute atomic E-state index is 0.184. The van der Waals surface area contributed by atoms with E-state index in [1.807, 2.05) is 0 Å². The highest BCUT2D eigenvalue weighted by Crippen LogP contribution is 2.29. The van der Waals surface area contributed by atoms with Gasteiger partial charge < -0.3 is 0 Å². The third kappa shape index (κ3) is 2.39. The molecule has 3 rings (SSSR count). The number of aromatic nitrogens is 1. The molecule has 4 nitrogen and oxygen atoms in total. The Bertz CT molecular complexity index is 986. The van der Waals surface area contributed by atoms with Crippen molar-refractivity contribution in [3.05, 3.63) is 78.5 Å². The van der Waals surface area contributed by atoms with Crippen LogP contribution in [-0.4, -0.2) is 18.7 Å². The Kier molecular flexibility index (Phi) is 3.88. The highest BCUT2D eigenvalue weighted by atomic mass is 32.2. The van der Waals surface area contributed by atoms with E-state index in [2.05, 4.69) is 6.58 Å². The molecule has 0 amide bonds. The number of aldehydes is 1. The van der Waals surface area contributed by atoms with E-state index in [0.29, 0.717) is 28.4 Å². The van der Waals surface area contributed by atoms with Crippen LogP contribution in [0.1, 0.15) is 16.1 Å². The topological polar surface area (TPSA) is 56.1 Å². The lowest BCUT2D eigenvalue weighted by Crippen LogP contribution is -2.16. The first kappa shape index (κ1) is 15.2. The Morgan fingerprint density at radius 2 is 1.65 bits per heavy atom. The van der Waals surface area contributed by atoms with E-state index in [9.17, 15) is 13.2 Å². The van der Waals surface area contributed by atoms with Gasteiger partial charge in [-0.05, 0) is 18.2 Å². The third-order valence-electron chi connectivity index (χ3n) is 3.71. The molecule has 0 aliphatic rings. The van der Waals surface area contributed by atoms with Crippen LogP contribution in [0, 0.1) is 0 Å². The summed E-state index contributed by atoms with van der Waals surface area (Å²) < 4.78 is 27.4. The molecule has 0 fully saturated rings. The summed E-state index contributed by atoms with van der Waals surface area (Å²) in [6.45, 7) is 3.67. The van der Waals surface area contributed by atoms with Gasteiger partial charge in [-0.2, -0.15) is 0 Å². The van der Waals surface area contributed by atoms with Crippen molar-refractivity contribution in [3.8, 4) is 0 Å². The molecule has 0 atom stereocenters. The first-order valence-corrected chi connectivity index (χ1v) is 8.54. The van der Waals surface area contributed by atoms with E-state index < -0.39 is 10.0 Å². The number of benzene rings is 2. The van der Waals surface area contributed by atoms with Crippen molar-refractivity contribution >= 4 is 27.2 Å². The lowest BCUT2D eigenvalue weighted by Gasteiger charge is -2.11. The van der Waals surface area contributed by atoms with Crippen molar-refractivity contribution < 1.29 is 13.2 Å². The summed E-state index contributed by atoms with van der Waals surface area (Å²) in [6.07, 6.45) is 2.59. The molecule has 2 aromatic carbocycles. The molecular weight excluding hydrogens is 310 g/mol. The van der Waals surface area contributed by atoms with Gasteiger partial charge in [0.15, 0.2) is 6.29 Å². The van der Waals surface area contributed by atoms with Crippen molar-refractivity contribution in [2.45, 2.75) is 11.3 Å². The standard InChI is InChI=1S/C18H15NO3S/c1-2-8-17-16(13-20)15-11-6-7-12-18(15)19(17)23(21,22)14-9-4-3-5-10-14/h2-7,9-13H,1,8H2. The first-order valence-electron chi connectivity index (χ1n) is 7.10. The molecule has 0 aliphatic carbocycles. The average molecular weight is 325 g/mol. The zero-order chi connectivity index (χ0) is 16.4. The maximum Gasteiger partial charge on any atom is 0.268 e. The second kappa shape index (κ2) is 5.85. The van der Waals surface area contributed by atoms with Gasteiger partial charge in [-0.15, -0.1) is 6.58 Å². The van der Waals surface area contributed by atoms with Crippen LogP contribution in [-0.2, 0) is 16.4 Å². The van der Waals surface area contributed by atoms with Crippen LogP contribution in [0.3, 0.4) is 0 Å². The Labute approximate surface area is 134 Å². The normalized spacial score (nSPS) is 11.5. The van der Waals surface area contributed by atoms with Gasteiger partial charge in [0.05, 0.1) is 10.4 Å². The molecule has 1 aromatic heterocycles. The molecule has 1 heterocycles. The minimum Gasteiger partial charge on any atom is -0.298 e. The first-order chi connectivity index (χ1) is 11.1. The van der Waals surface area contributed by atoms with Crippen LogP contribution in [0.25, 0.3) is 10.9 Å². The predicted molar refractivity (Wildman–Crippen MR) is 90.3 cm³/mol. The zero-order valence-electron chi connectivity index (χ0n) is 12.3. The molecule has 23 heavy (non-hydrogen) atoms. The van der Waals surface area contributed by atoms with Gasteiger partial charge in [-0.1, -0.05) is 42.5 Å². The second-order valence-electron chi connectivity index (χ2n) is 5.07. The number of carbonyl (C=O) groups is 1. The highest BCUT2D eigenvalue weighted by Gasteiger charge is 2.25. The summed E-state index contributed by atoms with van der Waals surface area (Å²) in [6, 6.07) is 15.2. The molecule has 116 valence electrons. The maximum atomic E-state index is 13.1. The summed E-state index contributed by atoms with van der Waals surface area (Å²) in [5.74, 6) is 0. The van der Waals surface area contributed by atoms with Crippen molar-refractivity contribution in [2.75, 3.05) is 0 Å². The highest BCUT2D eigenvalue weighted by molar-refractivity contribution is 7.90. The number of nitrogens with zero attached hydrogens (tertiary/aromatic N) is 1. The number of fused-ring (bicyclic) bond motifs is 1. The zero-order valence-corrected chi connectivity index (χ0v) is 13.2. The van der Waals surface area contributed by atoms with Crippen LogP contribution < -0.4 is 0 Å². The molecule has 0 aliphatic heterocycles. The second-order valence-corrected chi connectivity index (χ2v) is 6.86. The number of allylic oxidation sites excluding steroid dienone is 1. The van der Waals surface area contributed by atoms with Crippen LogP contribution in [0.2, 0.25) is 0 Å². The molecular formula is C18H15NO3S. The largest absolute Gasteiger partial charge is 0.298 e. The smallest absolute Gasteiger partial charge is 0.268 e. The van der Waals surface area contributed by atoms with E-state index in [1.54, 1.807) is 60.7 Å². The fraction of sp³-hybridized carbons (Fsp3) is 0.0556. The lowest BCUT2D eigenvalue weighted by atomic mass is 10.1. The van der Waals surface area contributed by atoms with Crippen LogP contribution >= 0.6 is 0 Å². The lowest BCUT2D eigenvalue weighted by molar-refractivity contribution is 0.112. The monoisotopic (exact) mass is 325 g/mol. The van der Waals surface area contributed by atoms with Crippen molar-refractivity contribution in [1.29, 1.82) is 0 Å². The summed E-state index contributed by atoms with van der Waals surface area (Å²) in [4.78, 5) is 11.7. The van der Waals surface area contributed by atoms with Gasteiger partial charge in [-0.3, -0.25) is 4.79 Å². The molecule has 0 saturated heterocycles. The molecule has 0 unspecified atom stereocenters. The van der Waals surface area contributed by atoms with Gasteiger partial charge in [-0.25, -0.2) is 12.4 Å². The third-order valence-corrected chi connectivity index (χ3v) is 5.47. The fourth-order valence-electron chi connectivity index (χ4n) is 2.72. The van der Waals surface area contributed by atoms with Crippen molar-refractivity contribution in [2.24, 2.45) is 0 Å². The molecule has 0 N–H and O–H groups in total. The molecule has 0 bridgehead atoms. The Balaban J connectivity index is 2.43. The van der Waals surface area contributed by atoms with Gasteiger partial charge in [0.25, 0.3) is 10.0 Å². The SMILES string of the molecule is C=CCc1c(C=O)c2ccccc2n1S(=O)(=O)c1ccccc1. The summed E-state index contributed by atoms with van der Waals surface area (Å²) in [7, 11) is -3.80. The van der Waals surface area contributed by atoms with Gasteiger partial charge in [0.1, 0.15) is 0 Å². The van der Waals surface area contributed by atoms with Crippen LogP contribution in [0.4, 0.5) is 0 Å². The average Bonchev–Trinajstić information content (AvgIpc) is 2.89. The predicted octanol–water partition coefficient (Wildman–Crippen LogP) is 3.42. The summed E-state index contributed by atoms with van der Waals surface area (Å²) >= 11 is 0. The molecule has 5 heteroatoms. The van der Waals surface area contributed by atoms with Crippen LogP contribution in [0.5, 0.6) is 0 Å². The van der Waals surface area contributed by atoms with Gasteiger partial charge in [0.2, 0.25) is 0 Å². The van der Waals surface area contributed by atoms with Crippen LogP contribution in [0.15, 0.2) is 72.1 Å². The number of rotatable bonds is 5. The van der Waals surface area contributed by atoms with Gasteiger partial charge in [0, 0.05) is 23.1 Å². The van der Waals surface area contributed by atoms with E-state index in [4.69, 9.17) is 0 Å². The fourth-order valence-corrected chi connectivity index (χ4v) is 4.32. The van der Waals surface area contributed by atoms with Crippen molar-refractivity contribution in [3.63, 3.8) is 0 Å². The number of hydrogen-bond donors (Lipinski definition) is 0. The molecule has 0 spiro atoms. The van der Waals surface area contributed by atoms with E-state index in [-0.39, 0.29) is 11.3 Å². The Morgan fingerprint density at radius 3 is 2.30 bits per heavy atom. The van der Waals surface area contributed by atoms with Gasteiger partial charge >= 0.3 is 0 Å². The summed E-state index contributed by atoms with van der Waals surface area (Å²) in [5.41, 5.74) is 1.32. The number of para-hydroxylation sites is 1. The molecule has 0 saturated carbocycles. The van der Waals surface area contributed by atoms with E-state index in [0.717, 1.165) is 0 Å². The Hall–Kier alpha value is -2.66. The minimum atomic E-state index is -3.80. The maximum absolute atomic E-state index is 13.1. The van der Waals surface area contributed by atoms with Crippen molar-refractivity contribution in [1.82, 2.24) is 3.97 Å². The summed E-state index contributed by atoms with van der Waals surface area (Å²) in [5, 5.41) is 0.624.